The Morgan fingerprint density at radius 2 is 1.74 bits per heavy atom. The van der Waals surface area contributed by atoms with Crippen molar-refractivity contribution in [3.8, 4) is 0 Å². The van der Waals surface area contributed by atoms with E-state index in [0.29, 0.717) is 31.1 Å². The van der Waals surface area contributed by atoms with Crippen LogP contribution in [-0.2, 0) is 28.7 Å². The molecule has 0 aliphatic heterocycles. The van der Waals surface area contributed by atoms with E-state index in [1.54, 1.807) is 0 Å². The number of ketones is 2. The minimum absolute atomic E-state index is 0.00953. The van der Waals surface area contributed by atoms with Crippen LogP contribution in [0.5, 0.6) is 0 Å². The predicted octanol–water partition coefficient (Wildman–Crippen LogP) is 2.09. The summed E-state index contributed by atoms with van der Waals surface area (Å²) in [5, 5.41) is 32.4. The minimum Gasteiger partial charge on any atom is -0.480 e. The molecular formula is C29H41NO9. The van der Waals surface area contributed by atoms with Crippen LogP contribution in [0.15, 0.2) is 11.6 Å². The SMILES string of the molecule is C[C@H](O)[C@@H](NC(=O)CCC(=O)OCC(=O)[C@@]1(O)CC[C@H]2[C@@H]3CCC4=CC(=O)CC[C@]4(C)[C@H]3CC[C@@]21C)C(=O)O. The lowest BCUT2D eigenvalue weighted by Gasteiger charge is -2.58. The lowest BCUT2D eigenvalue weighted by Crippen LogP contribution is -2.58. The van der Waals surface area contributed by atoms with Gasteiger partial charge in [-0.15, -0.1) is 0 Å². The molecular weight excluding hydrogens is 506 g/mol. The molecule has 0 aromatic carbocycles. The summed E-state index contributed by atoms with van der Waals surface area (Å²) in [4.78, 5) is 60.7. The zero-order valence-corrected chi connectivity index (χ0v) is 23.0. The van der Waals surface area contributed by atoms with E-state index >= 15 is 0 Å². The summed E-state index contributed by atoms with van der Waals surface area (Å²) in [6.07, 6.45) is 5.63. The molecule has 0 saturated heterocycles. The maximum atomic E-state index is 13.3. The van der Waals surface area contributed by atoms with Crippen molar-refractivity contribution < 1.29 is 44.0 Å². The molecule has 10 nitrogen and oxygen atoms in total. The second kappa shape index (κ2) is 10.8. The monoisotopic (exact) mass is 547 g/mol. The second-order valence-electron chi connectivity index (χ2n) is 12.5. The number of ether oxygens (including phenoxy) is 1. The molecule has 4 N–H and O–H groups in total. The lowest BCUT2D eigenvalue weighted by atomic mass is 9.46. The van der Waals surface area contributed by atoms with Gasteiger partial charge in [0.15, 0.2) is 18.4 Å². The number of carbonyl (C=O) groups is 5. The van der Waals surface area contributed by atoms with Gasteiger partial charge < -0.3 is 25.4 Å². The zero-order valence-electron chi connectivity index (χ0n) is 23.0. The fourth-order valence-electron chi connectivity index (χ4n) is 8.22. The predicted molar refractivity (Wildman–Crippen MR) is 138 cm³/mol. The Morgan fingerprint density at radius 3 is 2.41 bits per heavy atom. The maximum Gasteiger partial charge on any atom is 0.328 e. The van der Waals surface area contributed by atoms with E-state index in [1.807, 2.05) is 13.0 Å². The van der Waals surface area contributed by atoms with Crippen LogP contribution in [0.3, 0.4) is 0 Å². The normalized spacial score (nSPS) is 36.9. The van der Waals surface area contributed by atoms with Gasteiger partial charge in [-0.1, -0.05) is 19.4 Å². The summed E-state index contributed by atoms with van der Waals surface area (Å²) >= 11 is 0. The number of aliphatic hydroxyl groups excluding tert-OH is 1. The number of fused-ring (bicyclic) bond motifs is 5. The van der Waals surface area contributed by atoms with Crippen molar-refractivity contribution in [1.29, 1.82) is 0 Å². The van der Waals surface area contributed by atoms with E-state index in [9.17, 15) is 34.2 Å². The first kappa shape index (κ1) is 29.4. The highest BCUT2D eigenvalue weighted by Gasteiger charge is 2.66. The van der Waals surface area contributed by atoms with Crippen molar-refractivity contribution in [2.75, 3.05) is 6.61 Å². The Morgan fingerprint density at radius 1 is 1.05 bits per heavy atom. The number of carboxylic acids is 1. The summed E-state index contributed by atoms with van der Waals surface area (Å²) in [6, 6.07) is -1.49. The molecule has 4 aliphatic rings. The van der Waals surface area contributed by atoms with Crippen LogP contribution in [0.4, 0.5) is 0 Å². The molecule has 0 unspecified atom stereocenters. The second-order valence-corrected chi connectivity index (χ2v) is 12.5. The third-order valence-electron chi connectivity index (χ3n) is 10.6. The lowest BCUT2D eigenvalue weighted by molar-refractivity contribution is -0.170. The quantitative estimate of drug-likeness (QED) is 0.316. The topological polar surface area (TPSA) is 167 Å². The van der Waals surface area contributed by atoms with E-state index in [-0.39, 0.29) is 30.0 Å². The number of nitrogens with one attached hydrogen (secondary N) is 1. The van der Waals surface area contributed by atoms with Gasteiger partial charge in [0.2, 0.25) is 11.7 Å². The van der Waals surface area contributed by atoms with Gasteiger partial charge in [-0.2, -0.15) is 0 Å². The summed E-state index contributed by atoms with van der Waals surface area (Å²) in [5.74, 6) is -2.33. The van der Waals surface area contributed by atoms with Crippen molar-refractivity contribution in [2.45, 2.75) is 103 Å². The summed E-state index contributed by atoms with van der Waals surface area (Å²) in [7, 11) is 0. The first-order chi connectivity index (χ1) is 18.2. The third kappa shape index (κ3) is 5.17. The fourth-order valence-corrected chi connectivity index (χ4v) is 8.22. The van der Waals surface area contributed by atoms with Gasteiger partial charge in [-0.3, -0.25) is 19.2 Å². The number of aliphatic carboxylic acids is 1. The van der Waals surface area contributed by atoms with E-state index in [4.69, 9.17) is 9.84 Å². The molecule has 0 aromatic heterocycles. The van der Waals surface area contributed by atoms with Crippen molar-refractivity contribution >= 4 is 29.4 Å². The molecule has 10 heteroatoms. The van der Waals surface area contributed by atoms with Crippen LogP contribution in [0.25, 0.3) is 0 Å². The number of amides is 1. The van der Waals surface area contributed by atoms with Crippen molar-refractivity contribution in [3.05, 3.63) is 11.6 Å². The average molecular weight is 548 g/mol. The number of Topliss-reactive ketones (excluding diaryl/α,β-unsaturated/α-hetero) is 1. The average Bonchev–Trinajstić information content (AvgIpc) is 3.16. The number of allylic oxidation sites excluding steroid dienone is 1. The molecule has 4 rings (SSSR count). The van der Waals surface area contributed by atoms with Gasteiger partial charge >= 0.3 is 11.9 Å². The van der Waals surface area contributed by atoms with Crippen LogP contribution >= 0.6 is 0 Å². The zero-order chi connectivity index (χ0) is 28.8. The highest BCUT2D eigenvalue weighted by Crippen LogP contribution is 2.67. The van der Waals surface area contributed by atoms with Gasteiger partial charge in [0, 0.05) is 18.3 Å². The summed E-state index contributed by atoms with van der Waals surface area (Å²) in [5.41, 5.74) is -0.985. The maximum absolute atomic E-state index is 13.3. The largest absolute Gasteiger partial charge is 0.480 e. The first-order valence-electron chi connectivity index (χ1n) is 14.1. The Kier molecular flexibility index (Phi) is 8.11. The Hall–Kier alpha value is -2.59. The first-order valence-corrected chi connectivity index (χ1v) is 14.1. The number of rotatable bonds is 9. The van der Waals surface area contributed by atoms with Crippen molar-refractivity contribution in [1.82, 2.24) is 5.32 Å². The number of hydrogen-bond acceptors (Lipinski definition) is 8. The highest BCUT2D eigenvalue weighted by molar-refractivity contribution is 5.92. The standard InChI is InChI=1S/C29H41NO9/c1-16(31)25(26(36)37)30-23(34)6-7-24(35)39-15-22(33)29(38)13-10-21-19-5-4-17-14-18(32)8-11-27(17,2)20(19)9-12-28(21,29)3/h14,16,19-21,25,31,38H,4-13,15H2,1-3H3,(H,30,34)(H,36,37)/t16-,19+,20-,21-,25+,27-,28-,29-/m0/s1. The van der Waals surface area contributed by atoms with Gasteiger partial charge in [0.05, 0.1) is 12.5 Å². The molecule has 0 bridgehead atoms. The summed E-state index contributed by atoms with van der Waals surface area (Å²) < 4.78 is 5.13. The van der Waals surface area contributed by atoms with Gasteiger partial charge in [0.25, 0.3) is 0 Å². The van der Waals surface area contributed by atoms with Crippen LogP contribution in [0.2, 0.25) is 0 Å². The minimum atomic E-state index is -1.61. The van der Waals surface area contributed by atoms with Crippen LogP contribution < -0.4 is 5.32 Å². The summed E-state index contributed by atoms with van der Waals surface area (Å²) in [6.45, 7) is 4.91. The number of aliphatic hydroxyl groups is 2. The Labute approximate surface area is 228 Å². The fraction of sp³-hybridized carbons (Fsp3) is 0.759. The molecule has 3 fully saturated rings. The van der Waals surface area contributed by atoms with Gasteiger partial charge in [-0.05, 0) is 81.1 Å². The number of hydrogen-bond donors (Lipinski definition) is 4. The van der Waals surface area contributed by atoms with Crippen molar-refractivity contribution in [2.24, 2.45) is 28.6 Å². The molecule has 0 heterocycles. The number of carboxylic acid groups (broad SMARTS) is 1. The smallest absolute Gasteiger partial charge is 0.328 e. The van der Waals surface area contributed by atoms with Gasteiger partial charge in [0.1, 0.15) is 5.60 Å². The Bertz CT molecular complexity index is 1080. The van der Waals surface area contributed by atoms with Crippen LogP contribution in [0, 0.1) is 28.6 Å². The molecule has 216 valence electrons. The Balaban J connectivity index is 1.34. The molecule has 0 spiro atoms. The van der Waals surface area contributed by atoms with Gasteiger partial charge in [-0.25, -0.2) is 4.79 Å². The molecule has 0 aromatic rings. The molecule has 39 heavy (non-hydrogen) atoms. The number of esters is 1. The van der Waals surface area contributed by atoms with E-state index in [2.05, 4.69) is 12.2 Å². The third-order valence-corrected chi connectivity index (χ3v) is 10.6. The van der Waals surface area contributed by atoms with E-state index < -0.39 is 53.4 Å². The molecule has 3 saturated carbocycles. The van der Waals surface area contributed by atoms with Crippen LogP contribution in [-0.4, -0.2) is 69.1 Å². The van der Waals surface area contributed by atoms with E-state index in [1.165, 1.54) is 12.5 Å². The molecule has 1 amide bonds. The van der Waals surface area contributed by atoms with Crippen molar-refractivity contribution in [3.63, 3.8) is 0 Å². The number of carbonyl (C=O) groups excluding carboxylic acids is 4. The van der Waals surface area contributed by atoms with Crippen LogP contribution in [0.1, 0.15) is 85.0 Å². The molecule has 4 aliphatic carbocycles. The molecule has 8 atom stereocenters. The molecule has 0 radical (unpaired) electrons. The van der Waals surface area contributed by atoms with E-state index in [0.717, 1.165) is 32.1 Å². The highest BCUT2D eigenvalue weighted by atomic mass is 16.5.